The normalized spacial score (nSPS) is 14.5. The van der Waals surface area contributed by atoms with Crippen LogP contribution in [0.1, 0.15) is 5.69 Å². The fourth-order valence-corrected chi connectivity index (χ4v) is 4.65. The molecule has 1 aliphatic heterocycles. The van der Waals surface area contributed by atoms with Crippen molar-refractivity contribution in [2.45, 2.75) is 6.54 Å². The Morgan fingerprint density at radius 1 is 1.03 bits per heavy atom. The van der Waals surface area contributed by atoms with Crippen LogP contribution in [0.5, 0.6) is 0 Å². The highest BCUT2D eigenvalue weighted by atomic mass is 16.1. The maximum absolute atomic E-state index is 13.0. The third kappa shape index (κ3) is 4.11. The first-order chi connectivity index (χ1) is 17.5. The number of piperazine rings is 1. The molecule has 5 aromatic rings. The molecule has 36 heavy (non-hydrogen) atoms. The Bertz CT molecular complexity index is 1600. The van der Waals surface area contributed by atoms with Gasteiger partial charge in [0.15, 0.2) is 0 Å². The highest BCUT2D eigenvalue weighted by molar-refractivity contribution is 5.99. The van der Waals surface area contributed by atoms with Gasteiger partial charge in [0.25, 0.3) is 5.56 Å². The Morgan fingerprint density at radius 3 is 2.69 bits per heavy atom. The maximum atomic E-state index is 13.0. The Kier molecular flexibility index (Phi) is 5.49. The van der Waals surface area contributed by atoms with Crippen LogP contribution in [-0.4, -0.2) is 63.0 Å². The van der Waals surface area contributed by atoms with Gasteiger partial charge in [0.05, 0.1) is 40.7 Å². The lowest BCUT2D eigenvalue weighted by Gasteiger charge is -2.34. The summed E-state index contributed by atoms with van der Waals surface area (Å²) in [5.74, 6) is 0.457. The molecule has 3 aromatic heterocycles. The highest BCUT2D eigenvalue weighted by Gasteiger charge is 2.18. The molecule has 10 nitrogen and oxygen atoms in total. The lowest BCUT2D eigenvalue weighted by molar-refractivity contribution is 0.313. The largest absolute Gasteiger partial charge is 0.397 e. The number of H-pyrrole nitrogens is 2. The van der Waals surface area contributed by atoms with E-state index in [9.17, 15) is 4.79 Å². The van der Waals surface area contributed by atoms with E-state index in [1.54, 1.807) is 18.6 Å². The van der Waals surface area contributed by atoms with Gasteiger partial charge in [-0.3, -0.25) is 14.8 Å². The highest BCUT2D eigenvalue weighted by Crippen LogP contribution is 2.31. The minimum Gasteiger partial charge on any atom is -0.397 e. The molecular formula is C26H27N9O. The van der Waals surface area contributed by atoms with Crippen molar-refractivity contribution >= 4 is 39.0 Å². The van der Waals surface area contributed by atoms with Crippen molar-refractivity contribution in [3.05, 3.63) is 71.0 Å². The summed E-state index contributed by atoms with van der Waals surface area (Å²) in [7, 11) is 2.14. The topological polar surface area (TPSA) is 132 Å². The number of hydrogen-bond acceptors (Lipinski definition) is 8. The van der Waals surface area contributed by atoms with Gasteiger partial charge < -0.3 is 30.8 Å². The molecule has 0 aliphatic carbocycles. The second-order valence-corrected chi connectivity index (χ2v) is 9.13. The van der Waals surface area contributed by atoms with E-state index < -0.39 is 0 Å². The van der Waals surface area contributed by atoms with Crippen LogP contribution >= 0.6 is 0 Å². The fourth-order valence-electron chi connectivity index (χ4n) is 4.65. The minimum absolute atomic E-state index is 0.279. The smallest absolute Gasteiger partial charge is 0.261 e. The molecule has 1 fully saturated rings. The molecule has 0 saturated carbocycles. The van der Waals surface area contributed by atoms with Crippen molar-refractivity contribution in [2.75, 3.05) is 49.2 Å². The monoisotopic (exact) mass is 481 g/mol. The summed E-state index contributed by atoms with van der Waals surface area (Å²) in [4.78, 5) is 37.1. The van der Waals surface area contributed by atoms with E-state index in [0.717, 1.165) is 59.7 Å². The average Bonchev–Trinajstić information content (AvgIpc) is 3.31. The van der Waals surface area contributed by atoms with E-state index in [2.05, 4.69) is 54.2 Å². The van der Waals surface area contributed by atoms with Crippen molar-refractivity contribution in [3.63, 3.8) is 0 Å². The molecule has 2 aromatic carbocycles. The number of nitrogens with zero attached hydrogens (tertiary/aromatic N) is 5. The number of imidazole rings is 1. The van der Waals surface area contributed by atoms with E-state index in [0.29, 0.717) is 29.1 Å². The number of aromatic nitrogens is 5. The van der Waals surface area contributed by atoms with E-state index in [1.807, 2.05) is 24.3 Å². The number of nitrogen functional groups attached to an aromatic ring is 1. The maximum Gasteiger partial charge on any atom is 0.261 e. The average molecular weight is 482 g/mol. The Hall–Kier alpha value is -4.44. The third-order valence-corrected chi connectivity index (χ3v) is 6.72. The zero-order valence-electron chi connectivity index (χ0n) is 20.0. The Morgan fingerprint density at radius 2 is 1.89 bits per heavy atom. The predicted molar refractivity (Wildman–Crippen MR) is 143 cm³/mol. The van der Waals surface area contributed by atoms with Crippen LogP contribution in [0.4, 0.5) is 17.1 Å². The first kappa shape index (κ1) is 22.1. The zero-order chi connectivity index (χ0) is 24.6. The Balaban J connectivity index is 1.34. The second-order valence-electron chi connectivity index (χ2n) is 9.13. The Labute approximate surface area is 207 Å². The molecule has 0 amide bonds. The molecule has 6 rings (SSSR count). The van der Waals surface area contributed by atoms with Crippen molar-refractivity contribution < 1.29 is 0 Å². The molecule has 0 unspecified atom stereocenters. The molecule has 1 aliphatic rings. The van der Waals surface area contributed by atoms with Gasteiger partial charge in [-0.2, -0.15) is 0 Å². The van der Waals surface area contributed by atoms with Gasteiger partial charge in [-0.1, -0.05) is 0 Å². The van der Waals surface area contributed by atoms with Crippen LogP contribution in [0, 0.1) is 0 Å². The van der Waals surface area contributed by atoms with Crippen molar-refractivity contribution in [1.29, 1.82) is 0 Å². The van der Waals surface area contributed by atoms with Gasteiger partial charge in [0.1, 0.15) is 11.4 Å². The summed E-state index contributed by atoms with van der Waals surface area (Å²) >= 11 is 0. The summed E-state index contributed by atoms with van der Waals surface area (Å²) < 4.78 is 0. The van der Waals surface area contributed by atoms with E-state index in [4.69, 9.17) is 10.7 Å². The predicted octanol–water partition coefficient (Wildman–Crippen LogP) is 2.81. The van der Waals surface area contributed by atoms with Crippen molar-refractivity contribution in [1.82, 2.24) is 29.8 Å². The molecule has 0 spiro atoms. The summed E-state index contributed by atoms with van der Waals surface area (Å²) in [6.07, 6.45) is 5.02. The number of likely N-dealkylation sites (N-methyl/N-ethyl adjacent to an activating group) is 1. The number of fused-ring (bicyclic) bond motifs is 2. The molecule has 0 bridgehead atoms. The second kappa shape index (κ2) is 8.97. The molecule has 4 heterocycles. The number of aromatic amines is 2. The fraction of sp³-hybridized carbons (Fsp3) is 0.231. The van der Waals surface area contributed by atoms with Crippen LogP contribution in [0.3, 0.4) is 0 Å². The van der Waals surface area contributed by atoms with Gasteiger partial charge in [0, 0.05) is 55.3 Å². The van der Waals surface area contributed by atoms with Gasteiger partial charge in [-0.15, -0.1) is 0 Å². The summed E-state index contributed by atoms with van der Waals surface area (Å²) in [5, 5.41) is 4.08. The van der Waals surface area contributed by atoms with Crippen molar-refractivity contribution in [3.8, 4) is 11.4 Å². The molecule has 182 valence electrons. The van der Waals surface area contributed by atoms with Gasteiger partial charge >= 0.3 is 0 Å². The number of pyridine rings is 1. The molecule has 10 heteroatoms. The number of rotatable bonds is 5. The standard InChI is InChI=1S/C26H27N9O/c1-34-8-10-35(11-9-34)18-3-5-21-22(13-18)32-25(31-21)23-24(27)19-12-16(2-4-20(19)33-26(23)36)30-15-17-14-28-6-7-29-17/h2-7,12-14,30H,8-11,15H2,1H3,(H,31,32)(H3,27,33,36). The van der Waals surface area contributed by atoms with E-state index in [-0.39, 0.29) is 5.56 Å². The number of nitrogens with one attached hydrogen (secondary N) is 3. The lowest BCUT2D eigenvalue weighted by Crippen LogP contribution is -2.44. The first-order valence-corrected chi connectivity index (χ1v) is 11.9. The number of anilines is 3. The molecule has 0 radical (unpaired) electrons. The summed E-state index contributed by atoms with van der Waals surface area (Å²) in [6, 6.07) is 11.8. The quantitative estimate of drug-likeness (QED) is 0.301. The van der Waals surface area contributed by atoms with Crippen LogP contribution in [0.15, 0.2) is 59.8 Å². The van der Waals surface area contributed by atoms with E-state index in [1.165, 1.54) is 0 Å². The lowest BCUT2D eigenvalue weighted by atomic mass is 10.1. The molecule has 0 atom stereocenters. The zero-order valence-corrected chi connectivity index (χ0v) is 20.0. The van der Waals surface area contributed by atoms with Crippen LogP contribution < -0.4 is 21.5 Å². The van der Waals surface area contributed by atoms with Crippen LogP contribution in [0.25, 0.3) is 33.3 Å². The molecular weight excluding hydrogens is 454 g/mol. The molecule has 5 N–H and O–H groups in total. The number of hydrogen-bond donors (Lipinski definition) is 4. The number of nitrogens with two attached hydrogens (primary N) is 1. The third-order valence-electron chi connectivity index (χ3n) is 6.72. The first-order valence-electron chi connectivity index (χ1n) is 11.9. The van der Waals surface area contributed by atoms with Crippen LogP contribution in [-0.2, 0) is 6.54 Å². The SMILES string of the molecule is CN1CCN(c2ccc3nc(-c4c(N)c5cc(NCc6cnccn6)ccc5[nH]c4=O)[nH]c3c2)CC1. The van der Waals surface area contributed by atoms with Crippen molar-refractivity contribution in [2.24, 2.45) is 0 Å². The summed E-state index contributed by atoms with van der Waals surface area (Å²) in [6.45, 7) is 4.55. The van der Waals surface area contributed by atoms with Crippen LogP contribution in [0.2, 0.25) is 0 Å². The molecule has 1 saturated heterocycles. The number of benzene rings is 2. The van der Waals surface area contributed by atoms with Gasteiger partial charge in [-0.05, 0) is 43.4 Å². The van der Waals surface area contributed by atoms with Gasteiger partial charge in [-0.25, -0.2) is 4.98 Å². The van der Waals surface area contributed by atoms with E-state index >= 15 is 0 Å². The van der Waals surface area contributed by atoms with Gasteiger partial charge in [0.2, 0.25) is 0 Å². The minimum atomic E-state index is -0.279. The summed E-state index contributed by atoms with van der Waals surface area (Å²) in [5.41, 5.74) is 12.2.